The van der Waals surface area contributed by atoms with E-state index < -0.39 is 10.9 Å². The Hall–Kier alpha value is -3.03. The van der Waals surface area contributed by atoms with E-state index in [-0.39, 0.29) is 29.4 Å². The molecule has 0 spiro atoms. The molecule has 1 heterocycles. The molecule has 2 rings (SSSR count). The van der Waals surface area contributed by atoms with E-state index in [2.05, 4.69) is 9.72 Å². The number of esters is 1. The largest absolute Gasteiger partial charge is 0.465 e. The van der Waals surface area contributed by atoms with Gasteiger partial charge in [-0.05, 0) is 17.7 Å². The Morgan fingerprint density at radius 1 is 1.43 bits per heavy atom. The lowest BCUT2D eigenvalue weighted by Crippen LogP contribution is -2.19. The topological polar surface area (TPSA) is 85.6 Å². The number of benzene rings is 1. The Labute approximate surface area is 131 Å². The molecule has 0 amide bonds. The summed E-state index contributed by atoms with van der Waals surface area (Å²) in [7, 11) is 2.77. The van der Waals surface area contributed by atoms with E-state index in [0.717, 1.165) is 6.07 Å². The highest BCUT2D eigenvalue weighted by Gasteiger charge is 2.22. The minimum absolute atomic E-state index is 0.0119. The summed E-state index contributed by atoms with van der Waals surface area (Å²) in [4.78, 5) is 27.5. The maximum Gasteiger partial charge on any atom is 0.339 e. The monoisotopic (exact) mass is 319 g/mol. The number of nitrogens with zero attached hydrogens (tertiary/aromatic N) is 3. The second kappa shape index (κ2) is 6.82. The molecule has 120 valence electrons. The van der Waals surface area contributed by atoms with Crippen LogP contribution in [0.1, 0.15) is 15.9 Å². The number of pyridine rings is 1. The van der Waals surface area contributed by atoms with Crippen LogP contribution in [-0.2, 0) is 11.3 Å². The van der Waals surface area contributed by atoms with Gasteiger partial charge in [-0.1, -0.05) is 12.1 Å². The third-order valence-corrected chi connectivity index (χ3v) is 3.14. The molecule has 0 atom stereocenters. The van der Waals surface area contributed by atoms with Crippen LogP contribution in [0.5, 0.6) is 0 Å². The third kappa shape index (κ3) is 3.79. The minimum atomic E-state index is -0.708. The molecule has 0 radical (unpaired) electrons. The number of anilines is 1. The lowest BCUT2D eigenvalue weighted by atomic mass is 10.2. The van der Waals surface area contributed by atoms with E-state index in [4.69, 9.17) is 0 Å². The third-order valence-electron chi connectivity index (χ3n) is 3.14. The van der Waals surface area contributed by atoms with E-state index in [1.807, 2.05) is 0 Å². The molecule has 0 saturated carbocycles. The average Bonchev–Trinajstić information content (AvgIpc) is 2.53. The van der Waals surface area contributed by atoms with Gasteiger partial charge in [0.2, 0.25) is 5.82 Å². The quantitative estimate of drug-likeness (QED) is 0.478. The van der Waals surface area contributed by atoms with Crippen LogP contribution in [0.25, 0.3) is 0 Å². The van der Waals surface area contributed by atoms with E-state index >= 15 is 0 Å². The van der Waals surface area contributed by atoms with Crippen LogP contribution < -0.4 is 4.90 Å². The maximum atomic E-state index is 13.2. The molecule has 8 heteroatoms. The summed E-state index contributed by atoms with van der Waals surface area (Å²) >= 11 is 0. The first kappa shape index (κ1) is 16.3. The number of carbonyl (C=O) groups is 1. The van der Waals surface area contributed by atoms with E-state index in [1.165, 1.54) is 30.3 Å². The molecule has 7 nitrogen and oxygen atoms in total. The Morgan fingerprint density at radius 3 is 2.78 bits per heavy atom. The van der Waals surface area contributed by atoms with Gasteiger partial charge >= 0.3 is 11.7 Å². The smallest absolute Gasteiger partial charge is 0.339 e. The first-order valence-electron chi connectivity index (χ1n) is 6.60. The van der Waals surface area contributed by atoms with Gasteiger partial charge in [-0.2, -0.15) is 0 Å². The second-order valence-corrected chi connectivity index (χ2v) is 4.80. The van der Waals surface area contributed by atoms with Crippen molar-refractivity contribution in [3.63, 3.8) is 0 Å². The molecule has 2 aromatic rings. The zero-order valence-corrected chi connectivity index (χ0v) is 12.5. The molecule has 0 aliphatic heterocycles. The Kier molecular flexibility index (Phi) is 4.85. The summed E-state index contributed by atoms with van der Waals surface area (Å²) in [6, 6.07) is 7.02. The summed E-state index contributed by atoms with van der Waals surface area (Å²) < 4.78 is 17.7. The molecular formula is C15H14FN3O4. The Morgan fingerprint density at radius 2 is 2.17 bits per heavy atom. The van der Waals surface area contributed by atoms with Crippen molar-refractivity contribution in [2.24, 2.45) is 0 Å². The van der Waals surface area contributed by atoms with E-state index in [9.17, 15) is 19.3 Å². The summed E-state index contributed by atoms with van der Waals surface area (Å²) in [5.74, 6) is -1.02. The highest BCUT2D eigenvalue weighted by atomic mass is 19.1. The Bertz CT molecular complexity index is 751. The van der Waals surface area contributed by atoms with Crippen LogP contribution in [0.2, 0.25) is 0 Å². The number of ether oxygens (including phenoxy) is 1. The van der Waals surface area contributed by atoms with Crippen LogP contribution >= 0.6 is 0 Å². The van der Waals surface area contributed by atoms with Crippen LogP contribution in [0.15, 0.2) is 36.5 Å². The second-order valence-electron chi connectivity index (χ2n) is 4.80. The van der Waals surface area contributed by atoms with Gasteiger partial charge in [0.15, 0.2) is 0 Å². The van der Waals surface area contributed by atoms with Crippen molar-refractivity contribution < 1.29 is 18.8 Å². The normalized spacial score (nSPS) is 10.2. The van der Waals surface area contributed by atoms with Crippen molar-refractivity contribution in [1.82, 2.24) is 4.98 Å². The van der Waals surface area contributed by atoms with Gasteiger partial charge < -0.3 is 9.64 Å². The lowest BCUT2D eigenvalue weighted by Gasteiger charge is -2.18. The molecule has 23 heavy (non-hydrogen) atoms. The molecule has 0 N–H and O–H groups in total. The van der Waals surface area contributed by atoms with Crippen molar-refractivity contribution in [3.8, 4) is 0 Å². The standard InChI is InChI=1S/C15H14FN3O4/c1-18(9-10-4-3-5-12(16)6-10)14-13(19(21)22)7-11(8-17-14)15(20)23-2/h3-8H,9H2,1-2H3. The average molecular weight is 319 g/mol. The number of hydrogen-bond acceptors (Lipinski definition) is 6. The molecule has 0 fully saturated rings. The summed E-state index contributed by atoms with van der Waals surface area (Å²) in [6.45, 7) is 0.225. The first-order valence-corrected chi connectivity index (χ1v) is 6.60. The molecule has 1 aromatic heterocycles. The predicted octanol–water partition coefficient (Wildman–Crippen LogP) is 2.55. The first-order chi connectivity index (χ1) is 10.9. The lowest BCUT2D eigenvalue weighted by molar-refractivity contribution is -0.384. The SMILES string of the molecule is COC(=O)c1cnc(N(C)Cc2cccc(F)c2)c([N+](=O)[O-])c1. The highest BCUT2D eigenvalue weighted by molar-refractivity contribution is 5.90. The maximum absolute atomic E-state index is 13.2. The number of nitro groups is 1. The molecule has 0 aliphatic carbocycles. The van der Waals surface area contributed by atoms with Crippen molar-refractivity contribution >= 4 is 17.5 Å². The fourth-order valence-corrected chi connectivity index (χ4v) is 2.09. The van der Waals surface area contributed by atoms with E-state index in [0.29, 0.717) is 5.56 Å². The van der Waals surface area contributed by atoms with Gasteiger partial charge in [-0.3, -0.25) is 10.1 Å². The molecular weight excluding hydrogens is 305 g/mol. The number of hydrogen-bond donors (Lipinski definition) is 0. The zero-order chi connectivity index (χ0) is 17.0. The Balaban J connectivity index is 2.34. The minimum Gasteiger partial charge on any atom is -0.465 e. The molecule has 0 saturated heterocycles. The number of methoxy groups -OCH3 is 1. The summed E-state index contributed by atoms with van der Waals surface area (Å²) in [5, 5.41) is 11.2. The zero-order valence-electron chi connectivity index (χ0n) is 12.5. The van der Waals surface area contributed by atoms with Gasteiger partial charge in [0.1, 0.15) is 5.82 Å². The van der Waals surface area contributed by atoms with Gasteiger partial charge in [-0.15, -0.1) is 0 Å². The van der Waals surface area contributed by atoms with Crippen LogP contribution in [-0.4, -0.2) is 30.0 Å². The van der Waals surface area contributed by atoms with Crippen molar-refractivity contribution in [2.75, 3.05) is 19.1 Å². The molecule has 0 unspecified atom stereocenters. The van der Waals surface area contributed by atoms with Crippen LogP contribution in [0.4, 0.5) is 15.9 Å². The number of aromatic nitrogens is 1. The molecule has 0 aliphatic rings. The van der Waals surface area contributed by atoms with Gasteiger partial charge in [0.25, 0.3) is 0 Å². The van der Waals surface area contributed by atoms with Crippen molar-refractivity contribution in [3.05, 3.63) is 63.6 Å². The number of halogens is 1. The van der Waals surface area contributed by atoms with Gasteiger partial charge in [0.05, 0.1) is 17.6 Å². The predicted molar refractivity (Wildman–Crippen MR) is 80.7 cm³/mol. The van der Waals surface area contributed by atoms with Gasteiger partial charge in [0, 0.05) is 25.9 Å². The van der Waals surface area contributed by atoms with E-state index in [1.54, 1.807) is 19.2 Å². The highest BCUT2D eigenvalue weighted by Crippen LogP contribution is 2.27. The molecule has 1 aromatic carbocycles. The van der Waals surface area contributed by atoms with Crippen molar-refractivity contribution in [1.29, 1.82) is 0 Å². The number of rotatable bonds is 5. The summed E-state index contributed by atoms with van der Waals surface area (Å²) in [6.07, 6.45) is 1.20. The van der Waals surface area contributed by atoms with Crippen molar-refractivity contribution in [2.45, 2.75) is 6.54 Å². The van der Waals surface area contributed by atoms with Gasteiger partial charge in [-0.25, -0.2) is 14.2 Å². The molecule has 0 bridgehead atoms. The van der Waals surface area contributed by atoms with Crippen LogP contribution in [0, 0.1) is 15.9 Å². The number of carbonyl (C=O) groups excluding carboxylic acids is 1. The summed E-state index contributed by atoms with van der Waals surface area (Å²) in [5.41, 5.74) is 0.301. The fraction of sp³-hybridized carbons (Fsp3) is 0.200. The fourth-order valence-electron chi connectivity index (χ4n) is 2.09. The van der Waals surface area contributed by atoms with Crippen LogP contribution in [0.3, 0.4) is 0 Å².